The Bertz CT molecular complexity index is 619. The highest BCUT2D eigenvalue weighted by Gasteiger charge is 2.08. The van der Waals surface area contributed by atoms with Crippen molar-refractivity contribution < 1.29 is 14.6 Å². The average molecular weight is 243 g/mol. The zero-order chi connectivity index (χ0) is 13.1. The maximum Gasteiger partial charge on any atom is 0.333 e. The third-order valence-corrected chi connectivity index (χ3v) is 2.55. The Morgan fingerprint density at radius 1 is 1.44 bits per heavy atom. The number of phenols is 1. The molecule has 1 N–H and O–H groups in total. The summed E-state index contributed by atoms with van der Waals surface area (Å²) >= 11 is 0. The van der Waals surface area contributed by atoms with Gasteiger partial charge < -0.3 is 9.84 Å². The van der Waals surface area contributed by atoms with Gasteiger partial charge >= 0.3 is 5.97 Å². The van der Waals surface area contributed by atoms with Crippen molar-refractivity contribution in [1.29, 1.82) is 0 Å². The topological polar surface area (TPSA) is 59.4 Å². The molecule has 18 heavy (non-hydrogen) atoms. The molecular formula is C14H13NO3. The molecule has 0 saturated carbocycles. The second-order valence-electron chi connectivity index (χ2n) is 4.00. The molecule has 1 heterocycles. The molecule has 1 aromatic heterocycles. The smallest absolute Gasteiger partial charge is 0.333 e. The maximum absolute atomic E-state index is 11.3. The van der Waals surface area contributed by atoms with Crippen molar-refractivity contribution in [3.05, 3.63) is 48.2 Å². The Hall–Kier alpha value is -2.36. The number of aromatic nitrogens is 1. The largest absolute Gasteiger partial charge is 0.506 e. The number of rotatable bonds is 3. The lowest BCUT2D eigenvalue weighted by atomic mass is 10.1. The van der Waals surface area contributed by atoms with E-state index in [9.17, 15) is 9.90 Å². The van der Waals surface area contributed by atoms with Crippen molar-refractivity contribution in [1.82, 2.24) is 4.98 Å². The van der Waals surface area contributed by atoms with Crippen LogP contribution in [0.25, 0.3) is 10.9 Å². The highest BCUT2D eigenvalue weighted by molar-refractivity contribution is 5.89. The molecule has 2 rings (SSSR count). The van der Waals surface area contributed by atoms with E-state index in [1.54, 1.807) is 31.3 Å². The Labute approximate surface area is 105 Å². The molecule has 0 aliphatic carbocycles. The van der Waals surface area contributed by atoms with Crippen LogP contribution < -0.4 is 0 Å². The van der Waals surface area contributed by atoms with Gasteiger partial charge in [-0.1, -0.05) is 18.7 Å². The molecule has 4 heteroatoms. The van der Waals surface area contributed by atoms with Gasteiger partial charge in [-0.3, -0.25) is 4.98 Å². The van der Waals surface area contributed by atoms with Gasteiger partial charge in [0.05, 0.1) is 0 Å². The van der Waals surface area contributed by atoms with E-state index in [4.69, 9.17) is 4.74 Å². The first-order valence-electron chi connectivity index (χ1n) is 5.48. The summed E-state index contributed by atoms with van der Waals surface area (Å²) in [6, 6.07) is 6.85. The van der Waals surface area contributed by atoms with E-state index in [0.717, 1.165) is 10.9 Å². The Morgan fingerprint density at radius 3 is 2.94 bits per heavy atom. The number of esters is 1. The van der Waals surface area contributed by atoms with E-state index in [1.165, 1.54) is 0 Å². The van der Waals surface area contributed by atoms with Crippen molar-refractivity contribution in [2.45, 2.75) is 13.5 Å². The number of aromatic hydroxyl groups is 1. The summed E-state index contributed by atoms with van der Waals surface area (Å²) in [7, 11) is 0. The van der Waals surface area contributed by atoms with Crippen LogP contribution in [0.5, 0.6) is 5.75 Å². The van der Waals surface area contributed by atoms with E-state index < -0.39 is 5.97 Å². The zero-order valence-corrected chi connectivity index (χ0v) is 10.0. The first-order chi connectivity index (χ1) is 8.59. The molecule has 2 aromatic rings. The van der Waals surface area contributed by atoms with Gasteiger partial charge in [-0.2, -0.15) is 0 Å². The Morgan fingerprint density at radius 2 is 2.22 bits per heavy atom. The highest BCUT2D eigenvalue weighted by atomic mass is 16.5. The van der Waals surface area contributed by atoms with Crippen LogP contribution in [0, 0.1) is 0 Å². The molecule has 4 nitrogen and oxygen atoms in total. The number of pyridine rings is 1. The minimum absolute atomic E-state index is 0.112. The fraction of sp³-hybridized carbons (Fsp3) is 0.143. The number of nitrogens with zero attached hydrogens (tertiary/aromatic N) is 1. The number of phenolic OH excluding ortho intramolecular Hbond substituents is 1. The second-order valence-corrected chi connectivity index (χ2v) is 4.00. The van der Waals surface area contributed by atoms with Gasteiger partial charge in [0.1, 0.15) is 17.9 Å². The normalized spacial score (nSPS) is 10.3. The number of carbonyl (C=O) groups excluding carboxylic acids is 1. The molecule has 0 amide bonds. The lowest BCUT2D eigenvalue weighted by Gasteiger charge is -2.08. The number of benzene rings is 1. The van der Waals surface area contributed by atoms with Crippen LogP contribution in [0.1, 0.15) is 12.5 Å². The highest BCUT2D eigenvalue weighted by Crippen LogP contribution is 2.25. The number of ether oxygens (including phenoxy) is 1. The predicted molar refractivity (Wildman–Crippen MR) is 68.0 cm³/mol. The Kier molecular flexibility index (Phi) is 3.28. The van der Waals surface area contributed by atoms with Gasteiger partial charge in [0.25, 0.3) is 0 Å². The average Bonchev–Trinajstić information content (AvgIpc) is 2.38. The minimum Gasteiger partial charge on any atom is -0.506 e. The fourth-order valence-corrected chi connectivity index (χ4v) is 1.61. The molecule has 0 unspecified atom stereocenters. The minimum atomic E-state index is -0.430. The quantitative estimate of drug-likeness (QED) is 0.664. The summed E-state index contributed by atoms with van der Waals surface area (Å²) in [5, 5.41) is 10.4. The van der Waals surface area contributed by atoms with Crippen molar-refractivity contribution in [2.75, 3.05) is 0 Å². The summed E-state index contributed by atoms with van der Waals surface area (Å²) in [4.78, 5) is 15.4. The van der Waals surface area contributed by atoms with Gasteiger partial charge in [0.2, 0.25) is 0 Å². The van der Waals surface area contributed by atoms with Crippen molar-refractivity contribution in [2.24, 2.45) is 0 Å². The van der Waals surface area contributed by atoms with Crippen LogP contribution in [0.15, 0.2) is 42.6 Å². The van der Waals surface area contributed by atoms with Crippen LogP contribution in [-0.4, -0.2) is 16.1 Å². The summed E-state index contributed by atoms with van der Waals surface area (Å²) in [5.74, 6) is -0.319. The molecule has 0 aliphatic heterocycles. The predicted octanol–water partition coefficient (Wildman–Crippen LogP) is 2.56. The van der Waals surface area contributed by atoms with Crippen molar-refractivity contribution >= 4 is 16.9 Å². The van der Waals surface area contributed by atoms with Crippen LogP contribution in [0.4, 0.5) is 0 Å². The molecule has 0 radical (unpaired) electrons. The Balaban J connectivity index is 2.32. The van der Waals surface area contributed by atoms with Crippen LogP contribution in [0.3, 0.4) is 0 Å². The molecule has 0 atom stereocenters. The van der Waals surface area contributed by atoms with Gasteiger partial charge in [-0.05, 0) is 24.6 Å². The maximum atomic E-state index is 11.3. The lowest BCUT2D eigenvalue weighted by molar-refractivity contribution is -0.140. The third kappa shape index (κ3) is 2.32. The van der Waals surface area contributed by atoms with E-state index in [1.807, 2.05) is 6.07 Å². The van der Waals surface area contributed by atoms with Gasteiger partial charge in [0.15, 0.2) is 0 Å². The molecule has 0 aliphatic rings. The molecule has 92 valence electrons. The summed E-state index contributed by atoms with van der Waals surface area (Å²) in [5.41, 5.74) is 1.66. The molecule has 0 saturated heterocycles. The van der Waals surface area contributed by atoms with Crippen LogP contribution in [0.2, 0.25) is 0 Å². The second kappa shape index (κ2) is 4.87. The zero-order valence-electron chi connectivity index (χ0n) is 10.0. The molecule has 0 bridgehead atoms. The molecule has 0 fully saturated rings. The number of fused-ring (bicyclic) bond motifs is 1. The molecule has 1 aromatic carbocycles. The van der Waals surface area contributed by atoms with E-state index >= 15 is 0 Å². The van der Waals surface area contributed by atoms with Crippen LogP contribution >= 0.6 is 0 Å². The van der Waals surface area contributed by atoms with Crippen molar-refractivity contribution in [3.8, 4) is 5.75 Å². The van der Waals surface area contributed by atoms with Gasteiger partial charge in [0, 0.05) is 17.2 Å². The van der Waals surface area contributed by atoms with Gasteiger partial charge in [-0.25, -0.2) is 4.79 Å². The number of hydrogen-bond acceptors (Lipinski definition) is 4. The first-order valence-corrected chi connectivity index (χ1v) is 5.48. The SMILES string of the molecule is C=C(C)C(=O)OCc1ccc(O)c2ncccc12. The standard InChI is InChI=1S/C14H13NO3/c1-9(2)14(17)18-8-10-5-6-12(16)13-11(10)4-3-7-15-13/h3-7,16H,1,8H2,2H3. The molecule has 0 spiro atoms. The van der Waals surface area contributed by atoms with E-state index in [2.05, 4.69) is 11.6 Å². The lowest BCUT2D eigenvalue weighted by Crippen LogP contribution is -2.05. The summed E-state index contributed by atoms with van der Waals surface area (Å²) in [6.45, 7) is 5.25. The third-order valence-electron chi connectivity index (χ3n) is 2.55. The van der Waals surface area contributed by atoms with Crippen LogP contribution in [-0.2, 0) is 16.1 Å². The number of hydrogen-bond donors (Lipinski definition) is 1. The summed E-state index contributed by atoms with van der Waals surface area (Å²) < 4.78 is 5.09. The summed E-state index contributed by atoms with van der Waals surface area (Å²) in [6.07, 6.45) is 1.60. The van der Waals surface area contributed by atoms with Gasteiger partial charge in [-0.15, -0.1) is 0 Å². The fourth-order valence-electron chi connectivity index (χ4n) is 1.61. The van der Waals surface area contributed by atoms with Crippen molar-refractivity contribution in [3.63, 3.8) is 0 Å². The molecular weight excluding hydrogens is 230 g/mol. The van der Waals surface area contributed by atoms with E-state index in [0.29, 0.717) is 11.1 Å². The first kappa shape index (κ1) is 12.1. The monoisotopic (exact) mass is 243 g/mol. The van der Waals surface area contributed by atoms with E-state index in [-0.39, 0.29) is 12.4 Å². The number of carbonyl (C=O) groups is 1.